The van der Waals surface area contributed by atoms with Crippen LogP contribution in [0, 0.1) is 0 Å². The maximum absolute atomic E-state index is 13.1. The van der Waals surface area contributed by atoms with Crippen molar-refractivity contribution in [2.75, 3.05) is 21.2 Å². The highest BCUT2D eigenvalue weighted by Crippen LogP contribution is 2.39. The van der Waals surface area contributed by atoms with Crippen LogP contribution in [0.4, 0.5) is 13.2 Å². The molecule has 0 aliphatic heterocycles. The summed E-state index contributed by atoms with van der Waals surface area (Å²) in [4.78, 5) is 25.4. The van der Waals surface area contributed by atoms with Crippen LogP contribution in [0.1, 0.15) is 16.1 Å². The van der Waals surface area contributed by atoms with Crippen molar-refractivity contribution in [2.24, 2.45) is 0 Å². The van der Waals surface area contributed by atoms with Crippen molar-refractivity contribution in [3.63, 3.8) is 0 Å². The number of rotatable bonds is 5. The third-order valence-electron chi connectivity index (χ3n) is 3.42. The zero-order valence-corrected chi connectivity index (χ0v) is 16.2. The molecular weight excluding hydrogens is 424 g/mol. The van der Waals surface area contributed by atoms with E-state index in [9.17, 15) is 22.8 Å². The fourth-order valence-corrected chi connectivity index (χ4v) is 2.87. The Bertz CT molecular complexity index is 932. The van der Waals surface area contributed by atoms with E-state index in [1.165, 1.54) is 37.2 Å². The van der Waals surface area contributed by atoms with Crippen LogP contribution in [-0.2, 0) is 9.53 Å². The summed E-state index contributed by atoms with van der Waals surface area (Å²) in [5.41, 5.74) is -1.65. The van der Waals surface area contributed by atoms with Gasteiger partial charge < -0.3 is 14.2 Å². The number of allylic oxidation sites excluding steroid dienone is 1. The van der Waals surface area contributed by atoms with Crippen LogP contribution in [-0.4, -0.2) is 49.2 Å². The van der Waals surface area contributed by atoms with Crippen LogP contribution in [0.5, 0.6) is 0 Å². The molecule has 6 nitrogen and oxygen atoms in total. The van der Waals surface area contributed by atoms with Gasteiger partial charge in [-0.2, -0.15) is 13.2 Å². The average Bonchev–Trinajstić information content (AvgIpc) is 3.01. The van der Waals surface area contributed by atoms with Gasteiger partial charge in [-0.05, 0) is 12.1 Å². The Hall–Kier alpha value is -2.52. The van der Waals surface area contributed by atoms with Gasteiger partial charge >= 0.3 is 12.1 Å². The topological polar surface area (TPSA) is 72.6 Å². The van der Waals surface area contributed by atoms with Gasteiger partial charge in [-0.3, -0.25) is 4.79 Å². The van der Waals surface area contributed by atoms with Gasteiger partial charge in [0.15, 0.2) is 5.76 Å². The predicted molar refractivity (Wildman–Crippen MR) is 96.0 cm³/mol. The number of aromatic nitrogens is 1. The summed E-state index contributed by atoms with van der Waals surface area (Å²) >= 11 is 12.2. The van der Waals surface area contributed by atoms with Crippen molar-refractivity contribution >= 4 is 40.5 Å². The molecule has 0 fully saturated rings. The number of halogens is 5. The molecule has 1 heterocycles. The molecule has 0 saturated carbocycles. The third-order valence-corrected chi connectivity index (χ3v) is 4.05. The number of ether oxygens (including phenoxy) is 1. The largest absolute Gasteiger partial charge is 0.465 e. The van der Waals surface area contributed by atoms with Gasteiger partial charge in [0.05, 0.1) is 22.7 Å². The van der Waals surface area contributed by atoms with Crippen LogP contribution in [0.3, 0.4) is 0 Å². The lowest BCUT2D eigenvalue weighted by molar-refractivity contribution is -0.164. The number of hydrogen-bond donors (Lipinski definition) is 0. The molecule has 2 rings (SSSR count). The first kappa shape index (κ1) is 21.8. The molecule has 0 aliphatic carbocycles. The monoisotopic (exact) mass is 436 g/mol. The number of benzene rings is 1. The molecule has 0 amide bonds. The molecule has 1 aromatic heterocycles. The number of carbonyl (C=O) groups is 2. The van der Waals surface area contributed by atoms with E-state index < -0.39 is 34.8 Å². The van der Waals surface area contributed by atoms with E-state index >= 15 is 0 Å². The molecule has 0 bridgehead atoms. The highest BCUT2D eigenvalue weighted by Gasteiger charge is 2.44. The van der Waals surface area contributed by atoms with Crippen LogP contribution < -0.4 is 0 Å². The summed E-state index contributed by atoms with van der Waals surface area (Å²) in [7, 11) is 3.80. The second-order valence-corrected chi connectivity index (χ2v) is 6.47. The molecule has 0 N–H and O–H groups in total. The summed E-state index contributed by atoms with van der Waals surface area (Å²) < 4.78 is 48.9. The number of nitrogens with zero attached hydrogens (tertiary/aromatic N) is 2. The minimum absolute atomic E-state index is 0.0462. The summed E-state index contributed by atoms with van der Waals surface area (Å²) in [5, 5.41) is 3.78. The Morgan fingerprint density at radius 3 is 2.25 bits per heavy atom. The van der Waals surface area contributed by atoms with Crippen molar-refractivity contribution in [2.45, 2.75) is 6.18 Å². The Kier molecular flexibility index (Phi) is 6.41. The van der Waals surface area contributed by atoms with E-state index in [-0.39, 0.29) is 21.3 Å². The van der Waals surface area contributed by atoms with E-state index in [0.717, 1.165) is 13.3 Å². The van der Waals surface area contributed by atoms with Gasteiger partial charge in [0.25, 0.3) is 5.78 Å². The van der Waals surface area contributed by atoms with E-state index in [1.54, 1.807) is 0 Å². The summed E-state index contributed by atoms with van der Waals surface area (Å²) in [5.74, 6) is -4.02. The molecule has 2 aromatic rings. The van der Waals surface area contributed by atoms with Gasteiger partial charge in [-0.1, -0.05) is 34.4 Å². The number of hydrogen-bond acceptors (Lipinski definition) is 6. The second kappa shape index (κ2) is 8.24. The number of esters is 1. The molecule has 0 unspecified atom stereocenters. The minimum atomic E-state index is -5.22. The Labute approximate surface area is 167 Å². The molecule has 0 spiro atoms. The highest BCUT2D eigenvalue weighted by atomic mass is 35.5. The smallest absolute Gasteiger partial charge is 0.455 e. The van der Waals surface area contributed by atoms with Crippen LogP contribution in [0.2, 0.25) is 10.0 Å². The first-order chi connectivity index (χ1) is 13.0. The second-order valence-electron chi connectivity index (χ2n) is 5.66. The van der Waals surface area contributed by atoms with E-state index in [0.29, 0.717) is 0 Å². The van der Waals surface area contributed by atoms with Gasteiger partial charge in [0.1, 0.15) is 11.3 Å². The highest BCUT2D eigenvalue weighted by molar-refractivity contribution is 6.39. The maximum atomic E-state index is 13.1. The van der Waals surface area contributed by atoms with Crippen molar-refractivity contribution in [1.29, 1.82) is 0 Å². The van der Waals surface area contributed by atoms with Gasteiger partial charge in [0, 0.05) is 25.9 Å². The Morgan fingerprint density at radius 2 is 1.79 bits per heavy atom. The normalized spacial score (nSPS) is 12.1. The first-order valence-corrected chi connectivity index (χ1v) is 8.27. The van der Waals surface area contributed by atoms with Gasteiger partial charge in [-0.15, -0.1) is 0 Å². The van der Waals surface area contributed by atoms with Crippen molar-refractivity contribution in [1.82, 2.24) is 10.1 Å². The fraction of sp³-hybridized carbons (Fsp3) is 0.235. The molecule has 0 radical (unpaired) electrons. The lowest BCUT2D eigenvalue weighted by atomic mass is 10.00. The van der Waals surface area contributed by atoms with Crippen LogP contribution >= 0.6 is 23.2 Å². The van der Waals surface area contributed by atoms with Crippen LogP contribution in [0.15, 0.2) is 28.9 Å². The minimum Gasteiger partial charge on any atom is -0.465 e. The molecule has 11 heteroatoms. The Balaban J connectivity index is 2.83. The molecule has 0 aliphatic rings. The number of carbonyl (C=O) groups excluding carboxylic acids is 2. The lowest BCUT2D eigenvalue weighted by Crippen LogP contribution is -2.25. The molecule has 0 saturated heterocycles. The van der Waals surface area contributed by atoms with Crippen molar-refractivity contribution in [3.05, 3.63) is 45.8 Å². The molecule has 0 atom stereocenters. The first-order valence-electron chi connectivity index (χ1n) is 7.51. The summed E-state index contributed by atoms with van der Waals surface area (Å²) in [6, 6.07) is 4.41. The van der Waals surface area contributed by atoms with Crippen molar-refractivity contribution < 1.29 is 32.0 Å². The number of alkyl halides is 3. The number of methoxy groups -OCH3 is 1. The molecular formula is C17H13Cl2F3N2O4. The van der Waals surface area contributed by atoms with Crippen molar-refractivity contribution in [3.8, 4) is 11.3 Å². The maximum Gasteiger partial charge on any atom is 0.455 e. The zero-order valence-electron chi connectivity index (χ0n) is 14.7. The molecule has 28 heavy (non-hydrogen) atoms. The number of ketones is 1. The SMILES string of the molecule is COC(=O)c1c(-c2c(Cl)cccc2Cl)noc1/C(=C/N(C)C)C(=O)C(F)(F)F. The predicted octanol–water partition coefficient (Wildman–Crippen LogP) is 4.47. The average molecular weight is 437 g/mol. The van der Waals surface area contributed by atoms with Crippen LogP contribution in [0.25, 0.3) is 16.8 Å². The third kappa shape index (κ3) is 4.31. The van der Waals surface area contributed by atoms with E-state index in [4.69, 9.17) is 27.7 Å². The van der Waals surface area contributed by atoms with E-state index in [1.807, 2.05) is 0 Å². The molecule has 1 aromatic carbocycles. The van der Waals surface area contributed by atoms with Gasteiger partial charge in [-0.25, -0.2) is 4.79 Å². The van der Waals surface area contributed by atoms with E-state index in [2.05, 4.69) is 9.89 Å². The molecule has 150 valence electrons. The summed E-state index contributed by atoms with van der Waals surface area (Å²) in [6.07, 6.45) is -4.36. The zero-order chi connectivity index (χ0) is 21.2. The standard InChI is InChI=1S/C17H13Cl2F3N2O4/c1-24(2)7-8(15(25)17(20,21)22)14-12(16(26)27-3)13(23-28-14)11-9(18)5-4-6-10(11)19/h4-7H,1-3H3/b8-7-. The lowest BCUT2D eigenvalue weighted by Gasteiger charge is -2.12. The quantitative estimate of drug-likeness (QED) is 0.508. The number of Topliss-reactive ketones (excluding diaryl/α,β-unsaturated/α-hetero) is 1. The summed E-state index contributed by atoms with van der Waals surface area (Å²) in [6.45, 7) is 0. The fourth-order valence-electron chi connectivity index (χ4n) is 2.29. The van der Waals surface area contributed by atoms with Gasteiger partial charge in [0.2, 0.25) is 0 Å². The Morgan fingerprint density at radius 1 is 1.21 bits per heavy atom.